The van der Waals surface area contributed by atoms with E-state index in [-0.39, 0.29) is 18.9 Å². The zero-order valence-corrected chi connectivity index (χ0v) is 15.0. The zero-order chi connectivity index (χ0) is 19.2. The van der Waals surface area contributed by atoms with E-state index in [1.165, 1.54) is 6.07 Å². The van der Waals surface area contributed by atoms with Gasteiger partial charge in [-0.3, -0.25) is 4.79 Å². The van der Waals surface area contributed by atoms with Gasteiger partial charge in [-0.25, -0.2) is 4.39 Å². The maximum absolute atomic E-state index is 13.8. The Kier molecular flexibility index (Phi) is 5.71. The second-order valence-electron chi connectivity index (χ2n) is 5.81. The number of hydrogen-bond acceptors (Lipinski definition) is 5. The van der Waals surface area contributed by atoms with Crippen molar-refractivity contribution in [1.82, 2.24) is 10.5 Å². The lowest BCUT2D eigenvalue weighted by Crippen LogP contribution is -2.24. The van der Waals surface area contributed by atoms with Gasteiger partial charge in [0.1, 0.15) is 11.5 Å². The van der Waals surface area contributed by atoms with Crippen LogP contribution in [-0.2, 0) is 17.8 Å². The van der Waals surface area contributed by atoms with Crippen LogP contribution in [0.1, 0.15) is 11.3 Å². The number of halogens is 1. The lowest BCUT2D eigenvalue weighted by Gasteiger charge is -2.09. The first-order valence-electron chi connectivity index (χ1n) is 8.29. The first-order valence-corrected chi connectivity index (χ1v) is 8.29. The van der Waals surface area contributed by atoms with Gasteiger partial charge in [-0.05, 0) is 29.8 Å². The van der Waals surface area contributed by atoms with Crippen LogP contribution in [0.2, 0.25) is 0 Å². The Morgan fingerprint density at radius 2 is 1.89 bits per heavy atom. The summed E-state index contributed by atoms with van der Waals surface area (Å²) in [6.45, 7) is 0.185. The average Bonchev–Trinajstić information content (AvgIpc) is 3.15. The first kappa shape index (κ1) is 18.4. The Bertz CT molecular complexity index is 939. The van der Waals surface area contributed by atoms with Crippen molar-refractivity contribution in [3.8, 4) is 22.8 Å². The molecule has 3 aromatic rings. The molecule has 1 heterocycles. The molecule has 0 atom stereocenters. The van der Waals surface area contributed by atoms with E-state index in [1.807, 2.05) is 0 Å². The largest absolute Gasteiger partial charge is 0.493 e. The first-order chi connectivity index (χ1) is 13.1. The molecule has 140 valence electrons. The summed E-state index contributed by atoms with van der Waals surface area (Å²) in [6, 6.07) is 13.2. The highest BCUT2D eigenvalue weighted by molar-refractivity contribution is 5.78. The summed E-state index contributed by atoms with van der Waals surface area (Å²) in [4.78, 5) is 12.2. The number of hydrogen-bond donors (Lipinski definition) is 1. The zero-order valence-electron chi connectivity index (χ0n) is 15.0. The Balaban J connectivity index is 1.59. The monoisotopic (exact) mass is 370 g/mol. The SMILES string of the molecule is COc1ccc(CC(=O)NCc2cc(-c3ccccc3F)on2)cc1OC. The molecule has 27 heavy (non-hydrogen) atoms. The molecule has 0 unspecified atom stereocenters. The molecule has 0 bridgehead atoms. The minimum atomic E-state index is -0.391. The van der Waals surface area contributed by atoms with Crippen molar-refractivity contribution in [3.63, 3.8) is 0 Å². The Hall–Kier alpha value is -3.35. The number of benzene rings is 2. The molecule has 0 saturated heterocycles. The quantitative estimate of drug-likeness (QED) is 0.690. The van der Waals surface area contributed by atoms with E-state index in [0.29, 0.717) is 28.5 Å². The van der Waals surface area contributed by atoms with Crippen LogP contribution < -0.4 is 14.8 Å². The number of carbonyl (C=O) groups excluding carboxylic acids is 1. The second-order valence-corrected chi connectivity index (χ2v) is 5.81. The third kappa shape index (κ3) is 4.44. The summed E-state index contributed by atoms with van der Waals surface area (Å²) in [5.41, 5.74) is 1.62. The topological polar surface area (TPSA) is 73.6 Å². The fourth-order valence-corrected chi connectivity index (χ4v) is 2.61. The van der Waals surface area contributed by atoms with Crippen LogP contribution in [0.15, 0.2) is 53.1 Å². The summed E-state index contributed by atoms with van der Waals surface area (Å²) in [6.07, 6.45) is 0.179. The highest BCUT2D eigenvalue weighted by Gasteiger charge is 2.12. The van der Waals surface area contributed by atoms with Crippen molar-refractivity contribution < 1.29 is 23.2 Å². The predicted molar refractivity (Wildman–Crippen MR) is 97.0 cm³/mol. The van der Waals surface area contributed by atoms with Crippen LogP contribution in [0, 0.1) is 5.82 Å². The molecule has 0 radical (unpaired) electrons. The van der Waals surface area contributed by atoms with Crippen molar-refractivity contribution in [2.24, 2.45) is 0 Å². The van der Waals surface area contributed by atoms with Gasteiger partial charge in [-0.1, -0.05) is 23.4 Å². The van der Waals surface area contributed by atoms with Gasteiger partial charge < -0.3 is 19.3 Å². The lowest BCUT2D eigenvalue weighted by atomic mass is 10.1. The van der Waals surface area contributed by atoms with Crippen molar-refractivity contribution in [2.45, 2.75) is 13.0 Å². The molecule has 0 aliphatic heterocycles. The van der Waals surface area contributed by atoms with Crippen LogP contribution in [-0.4, -0.2) is 25.3 Å². The van der Waals surface area contributed by atoms with Crippen molar-refractivity contribution in [3.05, 3.63) is 65.6 Å². The van der Waals surface area contributed by atoms with E-state index in [9.17, 15) is 9.18 Å². The van der Waals surface area contributed by atoms with Crippen molar-refractivity contribution in [1.29, 1.82) is 0 Å². The van der Waals surface area contributed by atoms with Gasteiger partial charge >= 0.3 is 0 Å². The molecular formula is C20H19FN2O4. The standard InChI is InChI=1S/C20H19FN2O4/c1-25-17-8-7-13(9-19(17)26-2)10-20(24)22-12-14-11-18(27-23-14)15-5-3-4-6-16(15)21/h3-9,11H,10,12H2,1-2H3,(H,22,24). The van der Waals surface area contributed by atoms with E-state index in [2.05, 4.69) is 10.5 Å². The molecule has 1 aromatic heterocycles. The molecule has 0 spiro atoms. The van der Waals surface area contributed by atoms with Crippen LogP contribution in [0.4, 0.5) is 4.39 Å². The Morgan fingerprint density at radius 3 is 2.63 bits per heavy atom. The molecule has 3 rings (SSSR count). The highest BCUT2D eigenvalue weighted by Crippen LogP contribution is 2.27. The minimum absolute atomic E-state index is 0.179. The smallest absolute Gasteiger partial charge is 0.224 e. The molecule has 0 saturated carbocycles. The summed E-state index contributed by atoms with van der Waals surface area (Å²) < 4.78 is 29.4. The second kappa shape index (κ2) is 8.35. The third-order valence-corrected chi connectivity index (χ3v) is 3.98. The van der Waals surface area contributed by atoms with Crippen molar-refractivity contribution >= 4 is 5.91 Å². The summed E-state index contributed by atoms with van der Waals surface area (Å²) >= 11 is 0. The maximum atomic E-state index is 13.8. The van der Waals surface area contributed by atoms with Gasteiger partial charge in [0.15, 0.2) is 17.3 Å². The molecule has 7 heteroatoms. The van der Waals surface area contributed by atoms with Gasteiger partial charge in [0.05, 0.1) is 32.7 Å². The molecule has 0 fully saturated rings. The summed E-state index contributed by atoms with van der Waals surface area (Å²) in [7, 11) is 3.09. The van der Waals surface area contributed by atoms with E-state index >= 15 is 0 Å². The van der Waals surface area contributed by atoms with E-state index in [1.54, 1.807) is 56.7 Å². The number of methoxy groups -OCH3 is 2. The fourth-order valence-electron chi connectivity index (χ4n) is 2.61. The molecule has 0 aliphatic carbocycles. The number of nitrogens with zero attached hydrogens (tertiary/aromatic N) is 1. The number of carbonyl (C=O) groups is 1. The summed E-state index contributed by atoms with van der Waals surface area (Å²) in [5.74, 6) is 0.909. The molecule has 0 aliphatic rings. The number of amides is 1. The number of nitrogens with one attached hydrogen (secondary N) is 1. The summed E-state index contributed by atoms with van der Waals surface area (Å²) in [5, 5.41) is 6.64. The van der Waals surface area contributed by atoms with E-state index in [4.69, 9.17) is 14.0 Å². The Morgan fingerprint density at radius 1 is 1.11 bits per heavy atom. The highest BCUT2D eigenvalue weighted by atomic mass is 19.1. The van der Waals surface area contributed by atoms with Crippen molar-refractivity contribution in [2.75, 3.05) is 14.2 Å². The third-order valence-electron chi connectivity index (χ3n) is 3.98. The van der Waals surface area contributed by atoms with Gasteiger partial charge in [0.25, 0.3) is 0 Å². The molecule has 2 aromatic carbocycles. The number of aromatic nitrogens is 1. The van der Waals surface area contributed by atoms with Gasteiger partial charge in [0.2, 0.25) is 5.91 Å². The van der Waals surface area contributed by atoms with Crippen LogP contribution >= 0.6 is 0 Å². The molecule has 1 N–H and O–H groups in total. The predicted octanol–water partition coefficient (Wildman–Crippen LogP) is 3.36. The maximum Gasteiger partial charge on any atom is 0.224 e. The molecule has 1 amide bonds. The fraction of sp³-hybridized carbons (Fsp3) is 0.200. The van der Waals surface area contributed by atoms with Gasteiger partial charge in [-0.15, -0.1) is 0 Å². The lowest BCUT2D eigenvalue weighted by molar-refractivity contribution is -0.120. The minimum Gasteiger partial charge on any atom is -0.493 e. The van der Waals surface area contributed by atoms with Gasteiger partial charge in [0, 0.05) is 6.07 Å². The number of ether oxygens (including phenoxy) is 2. The van der Waals surface area contributed by atoms with Crippen LogP contribution in [0.25, 0.3) is 11.3 Å². The average molecular weight is 370 g/mol. The molecule has 6 nitrogen and oxygen atoms in total. The molecular weight excluding hydrogens is 351 g/mol. The van der Waals surface area contributed by atoms with Gasteiger partial charge in [-0.2, -0.15) is 0 Å². The van der Waals surface area contributed by atoms with Crippen LogP contribution in [0.3, 0.4) is 0 Å². The van der Waals surface area contributed by atoms with Crippen LogP contribution in [0.5, 0.6) is 11.5 Å². The number of rotatable bonds is 7. The van der Waals surface area contributed by atoms with E-state index in [0.717, 1.165) is 5.56 Å². The van der Waals surface area contributed by atoms with E-state index < -0.39 is 5.82 Å². The Labute approximate surface area is 155 Å². The normalized spacial score (nSPS) is 10.5.